The van der Waals surface area contributed by atoms with E-state index in [1.54, 1.807) is 0 Å². The van der Waals surface area contributed by atoms with E-state index in [0.717, 1.165) is 35.1 Å². The first-order chi connectivity index (χ1) is 22.8. The molecule has 0 radical (unpaired) electrons. The maximum absolute atomic E-state index is 10.9. The number of hydrogen-bond donors (Lipinski definition) is 2. The fraction of sp³-hybridized carbons (Fsp3) is 0.304. The van der Waals surface area contributed by atoms with Gasteiger partial charge in [-0.15, -0.1) is 26.3 Å². The van der Waals surface area contributed by atoms with Crippen molar-refractivity contribution in [3.63, 3.8) is 0 Å². The highest BCUT2D eigenvalue weighted by Gasteiger charge is 2.23. The monoisotopic (exact) mass is 638 g/mol. The molecule has 0 fully saturated rings. The molecule has 4 aromatic rings. The van der Waals surface area contributed by atoms with Crippen molar-refractivity contribution >= 4 is 0 Å². The first-order valence-corrected chi connectivity index (χ1v) is 17.1. The highest BCUT2D eigenvalue weighted by atomic mass is 16.3. The van der Waals surface area contributed by atoms with E-state index in [4.69, 9.17) is 0 Å². The van der Waals surface area contributed by atoms with Gasteiger partial charge in [0.15, 0.2) is 0 Å². The zero-order valence-electron chi connectivity index (χ0n) is 30.6. The molecular weight excluding hydrogens is 585 g/mol. The van der Waals surface area contributed by atoms with Gasteiger partial charge < -0.3 is 10.2 Å². The standard InChI is InChI=1S/C46H54O2/c1-13-17-37-21-35(22-38(18-14-2)45(37)47)25-41-27(5)31(9)43(32(10)28(41)6)44-33(11)29(7)42(30(8)34(44)12)26-36-23-39(19-15-3)46(48)40(24-36)20-16-4/h13-16,21-24,47-48H,1-4,17-20,25-26H2,5-12H3. The Labute approximate surface area is 289 Å². The third-order valence-electron chi connectivity index (χ3n) is 10.7. The van der Waals surface area contributed by atoms with Crippen molar-refractivity contribution in [1.82, 2.24) is 0 Å². The Hall–Kier alpha value is -4.56. The average molecular weight is 639 g/mol. The van der Waals surface area contributed by atoms with Crippen molar-refractivity contribution in [2.45, 2.75) is 93.9 Å². The van der Waals surface area contributed by atoms with Gasteiger partial charge in [0.05, 0.1) is 0 Å². The first-order valence-electron chi connectivity index (χ1n) is 17.1. The summed E-state index contributed by atoms with van der Waals surface area (Å²) in [5, 5.41) is 21.7. The third kappa shape index (κ3) is 6.85. The molecule has 0 atom stereocenters. The van der Waals surface area contributed by atoms with Gasteiger partial charge in [-0.1, -0.05) is 48.6 Å². The minimum Gasteiger partial charge on any atom is -0.507 e. The summed E-state index contributed by atoms with van der Waals surface area (Å²) in [7, 11) is 0. The molecule has 0 saturated carbocycles. The van der Waals surface area contributed by atoms with E-state index in [0.29, 0.717) is 37.2 Å². The molecule has 0 amide bonds. The maximum atomic E-state index is 10.9. The Bertz CT molecular complexity index is 1670. The van der Waals surface area contributed by atoms with Crippen molar-refractivity contribution in [2.24, 2.45) is 0 Å². The molecule has 2 N–H and O–H groups in total. The highest BCUT2D eigenvalue weighted by molar-refractivity contribution is 5.82. The summed E-state index contributed by atoms with van der Waals surface area (Å²) >= 11 is 0. The van der Waals surface area contributed by atoms with Gasteiger partial charge in [0, 0.05) is 0 Å². The smallest absolute Gasteiger partial charge is 0.122 e. The van der Waals surface area contributed by atoms with E-state index in [1.165, 1.54) is 77.9 Å². The molecule has 0 saturated heterocycles. The Morgan fingerprint density at radius 2 is 0.646 bits per heavy atom. The van der Waals surface area contributed by atoms with Crippen LogP contribution in [0.3, 0.4) is 0 Å². The minimum atomic E-state index is 0.356. The van der Waals surface area contributed by atoms with Crippen LogP contribution < -0.4 is 0 Å². The lowest BCUT2D eigenvalue weighted by Gasteiger charge is -2.27. The summed E-state index contributed by atoms with van der Waals surface area (Å²) < 4.78 is 0. The Balaban J connectivity index is 1.84. The molecule has 250 valence electrons. The van der Waals surface area contributed by atoms with Gasteiger partial charge in [0.1, 0.15) is 11.5 Å². The van der Waals surface area contributed by atoms with Gasteiger partial charge in [-0.05, 0) is 194 Å². The van der Waals surface area contributed by atoms with E-state index in [1.807, 2.05) is 24.3 Å². The number of allylic oxidation sites excluding steroid dienone is 4. The topological polar surface area (TPSA) is 40.5 Å². The Morgan fingerprint density at radius 3 is 0.854 bits per heavy atom. The molecule has 0 aliphatic heterocycles. The van der Waals surface area contributed by atoms with E-state index >= 15 is 0 Å². The van der Waals surface area contributed by atoms with E-state index in [-0.39, 0.29) is 0 Å². The van der Waals surface area contributed by atoms with Crippen LogP contribution >= 0.6 is 0 Å². The fourth-order valence-electron chi connectivity index (χ4n) is 7.58. The molecular formula is C46H54O2. The largest absolute Gasteiger partial charge is 0.507 e. The summed E-state index contributed by atoms with van der Waals surface area (Å²) in [5.41, 5.74) is 22.0. The summed E-state index contributed by atoms with van der Waals surface area (Å²) in [6.07, 6.45) is 11.5. The van der Waals surface area contributed by atoms with E-state index in [2.05, 4.69) is 106 Å². The molecule has 0 aliphatic carbocycles. The van der Waals surface area contributed by atoms with Gasteiger partial charge in [-0.2, -0.15) is 0 Å². The van der Waals surface area contributed by atoms with Crippen molar-refractivity contribution in [2.75, 3.05) is 0 Å². The zero-order valence-corrected chi connectivity index (χ0v) is 30.6. The van der Waals surface area contributed by atoms with Crippen LogP contribution in [0.5, 0.6) is 11.5 Å². The summed E-state index contributed by atoms with van der Waals surface area (Å²) in [6.45, 7) is 33.8. The van der Waals surface area contributed by atoms with E-state index in [9.17, 15) is 10.2 Å². The van der Waals surface area contributed by atoms with Crippen molar-refractivity contribution in [1.29, 1.82) is 0 Å². The van der Waals surface area contributed by atoms with Crippen LogP contribution in [-0.4, -0.2) is 10.2 Å². The summed E-state index contributed by atoms with van der Waals surface area (Å²) in [4.78, 5) is 0. The fourth-order valence-corrected chi connectivity index (χ4v) is 7.58. The van der Waals surface area contributed by atoms with Crippen LogP contribution in [0.4, 0.5) is 0 Å². The van der Waals surface area contributed by atoms with Crippen molar-refractivity contribution in [3.05, 3.63) is 164 Å². The van der Waals surface area contributed by atoms with Gasteiger partial charge in [0.2, 0.25) is 0 Å². The van der Waals surface area contributed by atoms with Crippen LogP contribution in [0.15, 0.2) is 74.9 Å². The molecule has 0 aliphatic rings. The molecule has 0 heterocycles. The summed E-state index contributed by atoms with van der Waals surface area (Å²) in [5.74, 6) is 0.712. The molecule has 48 heavy (non-hydrogen) atoms. The summed E-state index contributed by atoms with van der Waals surface area (Å²) in [6, 6.07) is 8.54. The number of rotatable bonds is 13. The number of phenolic OH excluding ortho intramolecular Hbond substituents is 2. The molecule has 2 heteroatoms. The van der Waals surface area contributed by atoms with Crippen molar-refractivity contribution < 1.29 is 10.2 Å². The van der Waals surface area contributed by atoms with Gasteiger partial charge >= 0.3 is 0 Å². The molecule has 0 bridgehead atoms. The predicted octanol–water partition coefficient (Wildman–Crippen LogP) is 11.3. The zero-order chi connectivity index (χ0) is 35.4. The number of aromatic hydroxyl groups is 2. The lowest BCUT2D eigenvalue weighted by atomic mass is 9.78. The predicted molar refractivity (Wildman–Crippen MR) is 207 cm³/mol. The Morgan fingerprint density at radius 1 is 0.417 bits per heavy atom. The number of benzene rings is 4. The SMILES string of the molecule is C=CCc1cc(Cc2c(C)c(C)c(-c3c(C)c(C)c(Cc4cc(CC=C)c(O)c(CC=C)c4)c(C)c3C)c(C)c2C)cc(CC=C)c1O. The molecule has 0 spiro atoms. The lowest BCUT2D eigenvalue weighted by Crippen LogP contribution is -2.09. The van der Waals surface area contributed by atoms with Gasteiger partial charge in [-0.25, -0.2) is 0 Å². The van der Waals surface area contributed by atoms with Crippen LogP contribution in [0.25, 0.3) is 11.1 Å². The maximum Gasteiger partial charge on any atom is 0.122 e. The second-order valence-electron chi connectivity index (χ2n) is 13.6. The van der Waals surface area contributed by atoms with Gasteiger partial charge in [-0.3, -0.25) is 0 Å². The second kappa shape index (κ2) is 15.1. The average Bonchev–Trinajstić information content (AvgIpc) is 3.05. The Kier molecular flexibility index (Phi) is 11.4. The molecule has 0 aromatic heterocycles. The van der Waals surface area contributed by atoms with Crippen LogP contribution in [-0.2, 0) is 38.5 Å². The minimum absolute atomic E-state index is 0.356. The van der Waals surface area contributed by atoms with Crippen molar-refractivity contribution in [3.8, 4) is 22.6 Å². The highest BCUT2D eigenvalue weighted by Crippen LogP contribution is 2.42. The normalized spacial score (nSPS) is 11.1. The quantitative estimate of drug-likeness (QED) is 0.143. The lowest BCUT2D eigenvalue weighted by molar-refractivity contribution is 0.463. The van der Waals surface area contributed by atoms with Gasteiger partial charge in [0.25, 0.3) is 0 Å². The van der Waals surface area contributed by atoms with Crippen LogP contribution in [0.1, 0.15) is 89.0 Å². The van der Waals surface area contributed by atoms with Crippen LogP contribution in [0.2, 0.25) is 0 Å². The second-order valence-corrected chi connectivity index (χ2v) is 13.6. The van der Waals surface area contributed by atoms with E-state index < -0.39 is 0 Å². The molecule has 2 nitrogen and oxygen atoms in total. The third-order valence-corrected chi connectivity index (χ3v) is 10.7. The number of hydrogen-bond acceptors (Lipinski definition) is 2. The molecule has 4 rings (SSSR count). The number of phenols is 2. The molecule has 0 unspecified atom stereocenters. The molecule has 4 aromatic carbocycles. The van der Waals surface area contributed by atoms with Crippen LogP contribution in [0, 0.1) is 55.4 Å². The first kappa shape index (κ1) is 36.3.